The maximum absolute atomic E-state index is 5.08. The Labute approximate surface area is 430 Å². The van der Waals surface area contributed by atoms with Crippen molar-refractivity contribution in [3.05, 3.63) is 248 Å². The molecule has 0 fully saturated rings. The third kappa shape index (κ3) is 8.41. The Bertz CT molecular complexity index is 3630. The Morgan fingerprint density at radius 2 is 0.959 bits per heavy atom. The van der Waals surface area contributed by atoms with Gasteiger partial charge in [-0.05, 0) is 134 Å². The molecule has 9 aromatic carbocycles. The van der Waals surface area contributed by atoms with Crippen LogP contribution in [0.5, 0.6) is 0 Å². The molecule has 5 nitrogen and oxygen atoms in total. The van der Waals surface area contributed by atoms with Crippen molar-refractivity contribution in [3.8, 4) is 44.5 Å². The van der Waals surface area contributed by atoms with Gasteiger partial charge in [-0.1, -0.05) is 193 Å². The second kappa shape index (κ2) is 18.2. The average Bonchev–Trinajstić information content (AvgIpc) is 3.76. The van der Waals surface area contributed by atoms with Crippen molar-refractivity contribution in [3.63, 3.8) is 0 Å². The molecule has 0 radical (unpaired) electrons. The molecule has 12 rings (SSSR count). The van der Waals surface area contributed by atoms with Gasteiger partial charge in [-0.3, -0.25) is 4.90 Å². The summed E-state index contributed by atoms with van der Waals surface area (Å²) >= 11 is 0. The number of hydrogen-bond donors (Lipinski definition) is 0. The lowest BCUT2D eigenvalue weighted by molar-refractivity contribution is 0.576. The predicted octanol–water partition coefficient (Wildman–Crippen LogP) is 18.8. The van der Waals surface area contributed by atoms with Crippen molar-refractivity contribution in [2.45, 2.75) is 52.4 Å². The van der Waals surface area contributed by atoms with Gasteiger partial charge in [-0.25, -0.2) is 4.98 Å². The summed E-state index contributed by atoms with van der Waals surface area (Å²) in [5, 5.41) is 0. The maximum Gasteiger partial charge on any atom is 0.137 e. The summed E-state index contributed by atoms with van der Waals surface area (Å²) in [5.74, 6) is 0.847. The molecule has 0 N–H and O–H groups in total. The zero-order valence-electron chi connectivity index (χ0n) is 42.5. The number of rotatable bonds is 8. The molecule has 0 saturated heterocycles. The van der Waals surface area contributed by atoms with Crippen molar-refractivity contribution in [2.75, 3.05) is 26.3 Å². The van der Waals surface area contributed by atoms with E-state index in [0.717, 1.165) is 67.8 Å². The second-order valence-corrected chi connectivity index (χ2v) is 21.4. The third-order valence-electron chi connectivity index (χ3n) is 14.5. The standard InChI is InChI=1S/C68H59N5/c1-67(2,3)51-34-38-60(68(4,5)6)65(43-51)71-46-70(61-30-18-19-31-62(61)71)54-40-50(48-24-12-8-13-25-48)41-55(44-54)72(52-26-14-9-15-27-52)53-35-37-59-57-29-17-16-28-56(57)58-36-33-49(47-22-10-7-11-23-47)42-63(58)73(64(59)45-53)66-32-20-21-39-69-66/h7-45H,46H2,1-6H3. The number of fused-ring (bicyclic) bond motifs is 6. The lowest BCUT2D eigenvalue weighted by Crippen LogP contribution is -2.27. The van der Waals surface area contributed by atoms with E-state index in [1.54, 1.807) is 0 Å². The minimum Gasteiger partial charge on any atom is -0.321 e. The minimum atomic E-state index is -0.0704. The van der Waals surface area contributed by atoms with Crippen LogP contribution in [0.3, 0.4) is 0 Å². The van der Waals surface area contributed by atoms with Gasteiger partial charge in [0, 0.05) is 45.8 Å². The topological polar surface area (TPSA) is 25.9 Å². The van der Waals surface area contributed by atoms with Gasteiger partial charge in [-0.15, -0.1) is 0 Å². The first kappa shape index (κ1) is 45.5. The van der Waals surface area contributed by atoms with Crippen LogP contribution in [0.25, 0.3) is 44.5 Å². The number of benzene rings is 9. The van der Waals surface area contributed by atoms with Gasteiger partial charge in [0.2, 0.25) is 0 Å². The van der Waals surface area contributed by atoms with Crippen LogP contribution >= 0.6 is 0 Å². The van der Waals surface area contributed by atoms with Crippen LogP contribution in [0.4, 0.5) is 57.0 Å². The molecular weight excluding hydrogens is 887 g/mol. The van der Waals surface area contributed by atoms with Gasteiger partial charge in [0.1, 0.15) is 12.5 Å². The van der Waals surface area contributed by atoms with Crippen LogP contribution in [0.2, 0.25) is 0 Å². The molecule has 0 saturated carbocycles. The summed E-state index contributed by atoms with van der Waals surface area (Å²) in [6.45, 7) is 14.6. The molecule has 0 spiro atoms. The summed E-state index contributed by atoms with van der Waals surface area (Å²) < 4.78 is 0. The molecule has 0 aliphatic carbocycles. The summed E-state index contributed by atoms with van der Waals surface area (Å²) in [7, 11) is 0. The third-order valence-corrected chi connectivity index (χ3v) is 14.5. The average molecular weight is 946 g/mol. The summed E-state index contributed by atoms with van der Waals surface area (Å²) in [6, 6.07) is 84.3. The molecule has 2 aliphatic heterocycles. The number of pyridine rings is 1. The van der Waals surface area contributed by atoms with Crippen LogP contribution in [-0.2, 0) is 10.8 Å². The zero-order chi connectivity index (χ0) is 49.8. The van der Waals surface area contributed by atoms with Crippen LogP contribution < -0.4 is 19.6 Å². The molecular formula is C68H59N5. The maximum atomic E-state index is 5.08. The summed E-state index contributed by atoms with van der Waals surface area (Å²) in [4.78, 5) is 14.9. The molecule has 0 unspecified atom stereocenters. The van der Waals surface area contributed by atoms with Crippen molar-refractivity contribution >= 4 is 57.0 Å². The fourth-order valence-corrected chi connectivity index (χ4v) is 10.8. The number of anilines is 10. The Morgan fingerprint density at radius 1 is 0.370 bits per heavy atom. The lowest BCUT2D eigenvalue weighted by Gasteiger charge is -2.32. The van der Waals surface area contributed by atoms with E-state index in [2.05, 4.69) is 286 Å². The smallest absolute Gasteiger partial charge is 0.137 e. The number of para-hydroxylation sites is 3. The highest BCUT2D eigenvalue weighted by molar-refractivity contribution is 6.04. The lowest BCUT2D eigenvalue weighted by atomic mass is 9.81. The van der Waals surface area contributed by atoms with Crippen molar-refractivity contribution in [2.24, 2.45) is 0 Å². The Morgan fingerprint density at radius 3 is 1.60 bits per heavy atom. The van der Waals surface area contributed by atoms with Gasteiger partial charge in [0.05, 0.1) is 22.7 Å². The van der Waals surface area contributed by atoms with E-state index in [-0.39, 0.29) is 10.8 Å². The van der Waals surface area contributed by atoms with E-state index in [4.69, 9.17) is 4.98 Å². The largest absolute Gasteiger partial charge is 0.321 e. The normalized spacial score (nSPS) is 12.9. The van der Waals surface area contributed by atoms with E-state index in [1.165, 1.54) is 44.9 Å². The van der Waals surface area contributed by atoms with Gasteiger partial charge >= 0.3 is 0 Å². The van der Waals surface area contributed by atoms with Crippen LogP contribution in [0, 0.1) is 0 Å². The predicted molar refractivity (Wildman–Crippen MR) is 308 cm³/mol. The van der Waals surface area contributed by atoms with Gasteiger partial charge in [0.25, 0.3) is 0 Å². The molecule has 10 aromatic rings. The Kier molecular flexibility index (Phi) is 11.3. The van der Waals surface area contributed by atoms with E-state index in [0.29, 0.717) is 6.67 Å². The summed E-state index contributed by atoms with van der Waals surface area (Å²) in [6.07, 6.45) is 1.90. The highest BCUT2D eigenvalue weighted by atomic mass is 15.4. The molecule has 3 heterocycles. The van der Waals surface area contributed by atoms with Crippen molar-refractivity contribution < 1.29 is 0 Å². The van der Waals surface area contributed by atoms with E-state index >= 15 is 0 Å². The van der Waals surface area contributed by atoms with E-state index < -0.39 is 0 Å². The van der Waals surface area contributed by atoms with Crippen molar-refractivity contribution in [1.29, 1.82) is 0 Å². The fourth-order valence-electron chi connectivity index (χ4n) is 10.8. The second-order valence-electron chi connectivity index (χ2n) is 21.4. The van der Waals surface area contributed by atoms with Crippen LogP contribution in [0.15, 0.2) is 237 Å². The minimum absolute atomic E-state index is 0.00770. The number of aromatic nitrogens is 1. The first-order valence-electron chi connectivity index (χ1n) is 25.5. The molecule has 73 heavy (non-hydrogen) atoms. The SMILES string of the molecule is CC(C)(C)c1ccc(C(C)(C)C)c(N2CN(c3cc(-c4ccccc4)cc(N(c4ccccc4)c4ccc5c(c4)N(c4ccccn4)c4cc(-c6ccccc6)ccc4-c4ccccc4-5)c3)c3ccccc32)c1. The zero-order valence-corrected chi connectivity index (χ0v) is 42.5. The molecule has 356 valence electrons. The molecule has 0 atom stereocenters. The molecule has 0 amide bonds. The molecule has 1 aromatic heterocycles. The molecule has 0 bridgehead atoms. The highest BCUT2D eigenvalue weighted by Gasteiger charge is 2.34. The fraction of sp³-hybridized carbons (Fsp3) is 0.132. The van der Waals surface area contributed by atoms with Gasteiger partial charge < -0.3 is 14.7 Å². The quantitative estimate of drug-likeness (QED) is 0.151. The van der Waals surface area contributed by atoms with Crippen molar-refractivity contribution in [1.82, 2.24) is 4.98 Å². The monoisotopic (exact) mass is 945 g/mol. The summed E-state index contributed by atoms with van der Waals surface area (Å²) in [5.41, 5.74) is 21.8. The van der Waals surface area contributed by atoms with Crippen LogP contribution in [0.1, 0.15) is 52.7 Å². The van der Waals surface area contributed by atoms with E-state index in [1.807, 2.05) is 12.3 Å². The first-order chi connectivity index (χ1) is 35.5. The number of nitrogens with zero attached hydrogens (tertiary/aromatic N) is 5. The van der Waals surface area contributed by atoms with Gasteiger partial charge in [-0.2, -0.15) is 0 Å². The first-order valence-corrected chi connectivity index (χ1v) is 25.5. The van der Waals surface area contributed by atoms with E-state index in [9.17, 15) is 0 Å². The molecule has 5 heteroatoms. The van der Waals surface area contributed by atoms with Gasteiger partial charge in [0.15, 0.2) is 0 Å². The Balaban J connectivity index is 1.07. The Hall–Kier alpha value is -8.67. The highest BCUT2D eigenvalue weighted by Crippen LogP contribution is 2.54. The molecule has 2 aliphatic rings. The van der Waals surface area contributed by atoms with Crippen LogP contribution in [-0.4, -0.2) is 11.7 Å². The number of hydrogen-bond acceptors (Lipinski definition) is 5.